The minimum atomic E-state index is -3.53. The number of hydrogen-bond acceptors (Lipinski definition) is 6. The van der Waals surface area contributed by atoms with Gasteiger partial charge in [0.25, 0.3) is 0 Å². The van der Waals surface area contributed by atoms with Gasteiger partial charge in [0.05, 0.1) is 24.1 Å². The first-order valence-electron chi connectivity index (χ1n) is 10.2. The molecule has 1 amide bonds. The van der Waals surface area contributed by atoms with E-state index in [2.05, 4.69) is 15.6 Å². The van der Waals surface area contributed by atoms with Gasteiger partial charge in [0, 0.05) is 25.2 Å². The summed E-state index contributed by atoms with van der Waals surface area (Å²) in [6, 6.07) is 11.9. The zero-order valence-electron chi connectivity index (χ0n) is 17.3. The van der Waals surface area contributed by atoms with Gasteiger partial charge < -0.3 is 10.1 Å². The van der Waals surface area contributed by atoms with Gasteiger partial charge in [-0.15, -0.1) is 5.10 Å². The zero-order chi connectivity index (χ0) is 21.8. The Labute approximate surface area is 181 Å². The largest absolute Gasteiger partial charge is 0.497 e. The highest BCUT2D eigenvalue weighted by Gasteiger charge is 2.26. The van der Waals surface area contributed by atoms with E-state index in [4.69, 9.17) is 4.74 Å². The predicted octanol–water partition coefficient (Wildman–Crippen LogP) is 2.64. The number of aromatic nitrogens is 3. The Bertz CT molecular complexity index is 1170. The molecular formula is C21H25N5O4S. The molecule has 10 heteroatoms. The highest BCUT2D eigenvalue weighted by atomic mass is 32.2. The molecule has 4 rings (SSSR count). The monoisotopic (exact) mass is 443 g/mol. The maximum absolute atomic E-state index is 12.9. The van der Waals surface area contributed by atoms with Crippen molar-refractivity contribution < 1.29 is 17.9 Å². The Morgan fingerprint density at radius 2 is 1.84 bits per heavy atom. The second-order valence-corrected chi connectivity index (χ2v) is 9.39. The van der Waals surface area contributed by atoms with E-state index in [1.807, 2.05) is 0 Å². The standard InChI is InChI=1S/C21H25N5O4S/c1-30-17-7-5-16(6-8-17)22-21(27)11-14-26-20-10-9-18(15-19(20)23-24-26)31(28,29)25-12-3-2-4-13-25/h5-10,15H,2-4,11-14H2,1H3,(H,22,27). The van der Waals surface area contributed by atoms with Crippen molar-refractivity contribution in [3.8, 4) is 5.75 Å². The van der Waals surface area contributed by atoms with Gasteiger partial charge in [-0.2, -0.15) is 4.31 Å². The highest BCUT2D eigenvalue weighted by molar-refractivity contribution is 7.89. The zero-order valence-corrected chi connectivity index (χ0v) is 18.1. The third-order valence-electron chi connectivity index (χ3n) is 5.36. The molecule has 31 heavy (non-hydrogen) atoms. The summed E-state index contributed by atoms with van der Waals surface area (Å²) in [6.07, 6.45) is 3.04. The molecule has 1 aromatic heterocycles. The fourth-order valence-electron chi connectivity index (χ4n) is 3.64. The fourth-order valence-corrected chi connectivity index (χ4v) is 5.17. The number of hydrogen-bond donors (Lipinski definition) is 1. The van der Waals surface area contributed by atoms with Crippen molar-refractivity contribution in [2.45, 2.75) is 37.1 Å². The van der Waals surface area contributed by atoms with Gasteiger partial charge in [0.1, 0.15) is 11.3 Å². The molecule has 1 saturated heterocycles. The predicted molar refractivity (Wildman–Crippen MR) is 116 cm³/mol. The van der Waals surface area contributed by atoms with Crippen molar-refractivity contribution in [3.05, 3.63) is 42.5 Å². The third-order valence-corrected chi connectivity index (χ3v) is 7.26. The smallest absolute Gasteiger partial charge is 0.243 e. The quantitative estimate of drug-likeness (QED) is 0.602. The van der Waals surface area contributed by atoms with E-state index < -0.39 is 10.0 Å². The van der Waals surface area contributed by atoms with Crippen molar-refractivity contribution in [1.29, 1.82) is 0 Å². The van der Waals surface area contributed by atoms with Gasteiger partial charge in [-0.1, -0.05) is 11.6 Å². The van der Waals surface area contributed by atoms with Crippen LogP contribution in [0.1, 0.15) is 25.7 Å². The second kappa shape index (κ2) is 9.03. The summed E-state index contributed by atoms with van der Waals surface area (Å²) in [7, 11) is -1.94. The fraction of sp³-hybridized carbons (Fsp3) is 0.381. The van der Waals surface area contributed by atoms with Crippen molar-refractivity contribution in [2.24, 2.45) is 0 Å². The molecule has 9 nitrogen and oxygen atoms in total. The van der Waals surface area contributed by atoms with Crippen LogP contribution in [0.2, 0.25) is 0 Å². The van der Waals surface area contributed by atoms with Crippen molar-refractivity contribution >= 4 is 32.7 Å². The Morgan fingerprint density at radius 1 is 1.10 bits per heavy atom. The highest BCUT2D eigenvalue weighted by Crippen LogP contribution is 2.23. The molecule has 2 heterocycles. The van der Waals surface area contributed by atoms with Gasteiger partial charge in [-0.05, 0) is 55.3 Å². The summed E-state index contributed by atoms with van der Waals surface area (Å²) >= 11 is 0. The van der Waals surface area contributed by atoms with Gasteiger partial charge in [-0.25, -0.2) is 13.1 Å². The number of rotatable bonds is 7. The average Bonchev–Trinajstić information content (AvgIpc) is 3.21. The lowest BCUT2D eigenvalue weighted by molar-refractivity contribution is -0.116. The van der Waals surface area contributed by atoms with Crippen molar-refractivity contribution in [3.63, 3.8) is 0 Å². The Balaban J connectivity index is 1.42. The van der Waals surface area contributed by atoms with Crippen LogP contribution in [0.5, 0.6) is 5.75 Å². The number of benzene rings is 2. The summed E-state index contributed by atoms with van der Waals surface area (Å²) in [5, 5.41) is 11.0. The van der Waals surface area contributed by atoms with Crippen molar-refractivity contribution in [2.75, 3.05) is 25.5 Å². The van der Waals surface area contributed by atoms with Crippen molar-refractivity contribution in [1.82, 2.24) is 19.3 Å². The van der Waals surface area contributed by atoms with Crippen LogP contribution in [0.4, 0.5) is 5.69 Å². The molecule has 1 aliphatic rings. The first-order chi connectivity index (χ1) is 15.0. The molecule has 0 atom stereocenters. The first kappa shape index (κ1) is 21.3. The van der Waals surface area contributed by atoms with E-state index in [1.165, 1.54) is 4.31 Å². The van der Waals surface area contributed by atoms with E-state index in [-0.39, 0.29) is 17.2 Å². The van der Waals surface area contributed by atoms with Gasteiger partial charge in [-0.3, -0.25) is 4.79 Å². The number of carbonyl (C=O) groups excluding carboxylic acids is 1. The summed E-state index contributed by atoms with van der Waals surface area (Å²) < 4.78 is 34.0. The lowest BCUT2D eigenvalue weighted by atomic mass is 10.2. The number of aryl methyl sites for hydroxylation is 1. The molecule has 0 aliphatic carbocycles. The van der Waals surface area contributed by atoms with Crippen LogP contribution < -0.4 is 10.1 Å². The molecule has 1 aliphatic heterocycles. The molecule has 164 valence electrons. The van der Waals surface area contributed by atoms with Crippen LogP contribution >= 0.6 is 0 Å². The molecule has 2 aromatic carbocycles. The Kier molecular flexibility index (Phi) is 6.19. The van der Waals surface area contributed by atoms with E-state index in [0.29, 0.717) is 42.1 Å². The molecule has 0 bridgehead atoms. The summed E-state index contributed by atoms with van der Waals surface area (Å²) in [5.41, 5.74) is 1.87. The van der Waals surface area contributed by atoms with Crippen LogP contribution in [0, 0.1) is 0 Å². The lowest BCUT2D eigenvalue weighted by Gasteiger charge is -2.25. The molecule has 3 aromatic rings. The van der Waals surface area contributed by atoms with E-state index in [0.717, 1.165) is 19.3 Å². The van der Waals surface area contributed by atoms with Gasteiger partial charge in [0.2, 0.25) is 15.9 Å². The minimum absolute atomic E-state index is 0.155. The number of ether oxygens (including phenoxy) is 1. The summed E-state index contributed by atoms with van der Waals surface area (Å²) in [4.78, 5) is 12.5. The summed E-state index contributed by atoms with van der Waals surface area (Å²) in [6.45, 7) is 1.43. The summed E-state index contributed by atoms with van der Waals surface area (Å²) in [5.74, 6) is 0.562. The molecule has 0 saturated carbocycles. The normalized spacial score (nSPS) is 15.1. The average molecular weight is 444 g/mol. The van der Waals surface area contributed by atoms with Gasteiger partial charge >= 0.3 is 0 Å². The maximum atomic E-state index is 12.9. The van der Waals surface area contributed by atoms with Gasteiger partial charge in [0.15, 0.2) is 0 Å². The number of amides is 1. The van der Waals surface area contributed by atoms with Crippen LogP contribution in [-0.4, -0.2) is 53.8 Å². The second-order valence-electron chi connectivity index (χ2n) is 7.45. The molecule has 0 spiro atoms. The molecule has 1 fully saturated rings. The number of carbonyl (C=O) groups is 1. The number of anilines is 1. The number of sulfonamides is 1. The van der Waals surface area contributed by atoms with Crippen LogP contribution in [0.3, 0.4) is 0 Å². The number of fused-ring (bicyclic) bond motifs is 1. The number of nitrogens with one attached hydrogen (secondary N) is 1. The topological polar surface area (TPSA) is 106 Å². The lowest BCUT2D eigenvalue weighted by Crippen LogP contribution is -2.35. The minimum Gasteiger partial charge on any atom is -0.497 e. The van der Waals surface area contributed by atoms with E-state index in [9.17, 15) is 13.2 Å². The van der Waals surface area contributed by atoms with Crippen LogP contribution in [-0.2, 0) is 21.4 Å². The molecule has 1 N–H and O–H groups in total. The first-order valence-corrected chi connectivity index (χ1v) is 11.7. The molecule has 0 radical (unpaired) electrons. The third kappa shape index (κ3) is 4.70. The maximum Gasteiger partial charge on any atom is 0.243 e. The number of piperidine rings is 1. The molecular weight excluding hydrogens is 418 g/mol. The van der Waals surface area contributed by atoms with E-state index >= 15 is 0 Å². The Morgan fingerprint density at radius 3 is 2.55 bits per heavy atom. The van der Waals surface area contributed by atoms with E-state index in [1.54, 1.807) is 54.3 Å². The number of methoxy groups -OCH3 is 1. The number of nitrogens with zero attached hydrogens (tertiary/aromatic N) is 4. The Hall–Kier alpha value is -2.98. The molecule has 0 unspecified atom stereocenters. The van der Waals surface area contributed by atoms with Crippen LogP contribution in [0.25, 0.3) is 11.0 Å². The van der Waals surface area contributed by atoms with Crippen LogP contribution in [0.15, 0.2) is 47.4 Å². The SMILES string of the molecule is COc1ccc(NC(=O)CCn2nnc3cc(S(=O)(=O)N4CCCCC4)ccc32)cc1.